The summed E-state index contributed by atoms with van der Waals surface area (Å²) in [4.78, 5) is 22.4. The van der Waals surface area contributed by atoms with Crippen LogP contribution in [0.4, 0.5) is 4.79 Å². The fourth-order valence-corrected chi connectivity index (χ4v) is 1.53. The third kappa shape index (κ3) is 2.73. The van der Waals surface area contributed by atoms with Gasteiger partial charge in [0.05, 0.1) is 6.54 Å². The molecule has 1 fully saturated rings. The highest BCUT2D eigenvalue weighted by Gasteiger charge is 2.31. The third-order valence-electron chi connectivity index (χ3n) is 2.40. The first-order valence-electron chi connectivity index (χ1n) is 5.14. The molecule has 1 heterocycles. The van der Waals surface area contributed by atoms with Gasteiger partial charge in [-0.15, -0.1) is 0 Å². The Morgan fingerprint density at radius 3 is 2.76 bits per heavy atom. The lowest BCUT2D eigenvalue weighted by Gasteiger charge is -2.17. The van der Waals surface area contributed by atoms with Gasteiger partial charge in [0.25, 0.3) is 5.91 Å². The Labute approximate surface area is 97.7 Å². The number of hydrogen-bond donors (Lipinski definition) is 2. The zero-order valence-corrected chi connectivity index (χ0v) is 9.00. The highest BCUT2D eigenvalue weighted by Crippen LogP contribution is 2.06. The van der Waals surface area contributed by atoms with E-state index in [0.717, 1.165) is 5.56 Å². The van der Waals surface area contributed by atoms with Crippen molar-refractivity contribution in [1.82, 2.24) is 10.4 Å². The lowest BCUT2D eigenvalue weighted by atomic mass is 10.2. The summed E-state index contributed by atoms with van der Waals surface area (Å²) in [6.45, 7) is 0.0234. The van der Waals surface area contributed by atoms with E-state index in [1.54, 1.807) is 12.1 Å². The van der Waals surface area contributed by atoms with Crippen molar-refractivity contribution in [3.05, 3.63) is 35.9 Å². The van der Waals surface area contributed by atoms with Gasteiger partial charge in [-0.25, -0.2) is 9.86 Å². The first-order chi connectivity index (χ1) is 8.16. The first-order valence-corrected chi connectivity index (χ1v) is 5.14. The number of hydrogen-bond acceptors (Lipinski definition) is 4. The minimum atomic E-state index is -0.809. The molecule has 6 nitrogen and oxygen atoms in total. The second-order valence-electron chi connectivity index (χ2n) is 3.68. The normalized spacial score (nSPS) is 18.4. The molecule has 90 valence electrons. The molecular formula is C11H12N2O4. The Morgan fingerprint density at radius 1 is 1.47 bits per heavy atom. The predicted octanol–water partition coefficient (Wildman–Crippen LogP) is 0.513. The van der Waals surface area contributed by atoms with Crippen LogP contribution in [0.5, 0.6) is 0 Å². The Hall–Kier alpha value is -2.08. The monoisotopic (exact) mass is 236 g/mol. The van der Waals surface area contributed by atoms with Crippen LogP contribution in [-0.4, -0.2) is 34.9 Å². The fraction of sp³-hybridized carbons (Fsp3) is 0.273. The number of hydroxylamine groups is 2. The molecule has 0 aromatic heterocycles. The molecular weight excluding hydrogens is 224 g/mol. The van der Waals surface area contributed by atoms with E-state index in [9.17, 15) is 14.8 Å². The highest BCUT2D eigenvalue weighted by molar-refractivity contribution is 5.87. The van der Waals surface area contributed by atoms with Crippen LogP contribution < -0.4 is 5.32 Å². The van der Waals surface area contributed by atoms with Gasteiger partial charge < -0.3 is 10.1 Å². The summed E-state index contributed by atoms with van der Waals surface area (Å²) in [6, 6.07) is 8.25. The number of nitrogens with zero attached hydrogens (tertiary/aromatic N) is 1. The molecule has 2 rings (SSSR count). The van der Waals surface area contributed by atoms with Crippen LogP contribution in [0.1, 0.15) is 5.56 Å². The van der Waals surface area contributed by atoms with E-state index in [1.165, 1.54) is 0 Å². The lowest BCUT2D eigenvalue weighted by molar-refractivity contribution is -0.170. The van der Waals surface area contributed by atoms with Crippen LogP contribution in [0.15, 0.2) is 30.3 Å². The molecule has 0 aliphatic carbocycles. The molecule has 2 amide bonds. The third-order valence-corrected chi connectivity index (χ3v) is 2.40. The zero-order chi connectivity index (χ0) is 12.3. The van der Waals surface area contributed by atoms with Gasteiger partial charge in [0.15, 0.2) is 0 Å². The Balaban J connectivity index is 1.94. The number of benzene rings is 1. The number of carbonyl (C=O) groups is 2. The van der Waals surface area contributed by atoms with Crippen LogP contribution in [0.3, 0.4) is 0 Å². The lowest BCUT2D eigenvalue weighted by Crippen LogP contribution is -2.43. The number of cyclic esters (lactones) is 1. The van der Waals surface area contributed by atoms with Gasteiger partial charge in [0.1, 0.15) is 12.6 Å². The molecule has 1 aliphatic heterocycles. The van der Waals surface area contributed by atoms with Crippen molar-refractivity contribution in [2.24, 2.45) is 0 Å². The Morgan fingerprint density at radius 2 is 2.18 bits per heavy atom. The largest absolute Gasteiger partial charge is 0.447 e. The molecule has 1 saturated heterocycles. The predicted molar refractivity (Wildman–Crippen MR) is 57.1 cm³/mol. The summed E-state index contributed by atoms with van der Waals surface area (Å²) >= 11 is 0. The Bertz CT molecular complexity index is 421. The van der Waals surface area contributed by atoms with E-state index >= 15 is 0 Å². The number of nitrogens with one attached hydrogen (secondary N) is 1. The van der Waals surface area contributed by atoms with E-state index < -0.39 is 18.0 Å². The van der Waals surface area contributed by atoms with Crippen molar-refractivity contribution >= 4 is 12.0 Å². The van der Waals surface area contributed by atoms with E-state index in [4.69, 9.17) is 0 Å². The first kappa shape index (κ1) is 11.4. The number of amides is 2. The molecule has 0 unspecified atom stereocenters. The molecule has 0 saturated carbocycles. The van der Waals surface area contributed by atoms with Gasteiger partial charge in [0.2, 0.25) is 0 Å². The van der Waals surface area contributed by atoms with E-state index in [1.807, 2.05) is 18.2 Å². The van der Waals surface area contributed by atoms with Gasteiger partial charge in [-0.05, 0) is 5.56 Å². The number of ether oxygens (including phenoxy) is 1. The number of carbonyl (C=O) groups excluding carboxylic acids is 2. The van der Waals surface area contributed by atoms with Crippen LogP contribution in [0.25, 0.3) is 0 Å². The van der Waals surface area contributed by atoms with Crippen molar-refractivity contribution in [3.63, 3.8) is 0 Å². The standard InChI is InChI=1S/C11H12N2O4/c14-10(9-7-17-11(15)12-9)13(16)6-8-4-2-1-3-5-8/h1-5,9,16H,6-7H2,(H,12,15)/t9-/m1/s1. The van der Waals surface area contributed by atoms with Crippen molar-refractivity contribution < 1.29 is 19.5 Å². The fourth-order valence-electron chi connectivity index (χ4n) is 1.53. The van der Waals surface area contributed by atoms with Gasteiger partial charge in [-0.1, -0.05) is 30.3 Å². The van der Waals surface area contributed by atoms with Crippen LogP contribution in [-0.2, 0) is 16.1 Å². The van der Waals surface area contributed by atoms with E-state index in [2.05, 4.69) is 10.1 Å². The van der Waals surface area contributed by atoms with Gasteiger partial charge in [0, 0.05) is 0 Å². The number of rotatable bonds is 3. The minimum Gasteiger partial charge on any atom is -0.447 e. The molecule has 1 aromatic rings. The average Bonchev–Trinajstić information content (AvgIpc) is 2.76. The maximum Gasteiger partial charge on any atom is 0.407 e. The van der Waals surface area contributed by atoms with E-state index in [0.29, 0.717) is 5.06 Å². The average molecular weight is 236 g/mol. The van der Waals surface area contributed by atoms with Crippen molar-refractivity contribution in [2.75, 3.05) is 6.61 Å². The molecule has 0 radical (unpaired) electrons. The van der Waals surface area contributed by atoms with Gasteiger partial charge in [-0.2, -0.15) is 0 Å². The summed E-state index contributed by atoms with van der Waals surface area (Å²) in [5.41, 5.74) is 0.800. The van der Waals surface area contributed by atoms with E-state index in [-0.39, 0.29) is 13.2 Å². The van der Waals surface area contributed by atoms with Crippen molar-refractivity contribution in [3.8, 4) is 0 Å². The summed E-state index contributed by atoms with van der Waals surface area (Å²) in [6.07, 6.45) is -0.642. The molecule has 1 aromatic carbocycles. The molecule has 6 heteroatoms. The molecule has 0 bridgehead atoms. The summed E-state index contributed by atoms with van der Waals surface area (Å²) in [7, 11) is 0. The minimum absolute atomic E-state index is 0.0521. The smallest absolute Gasteiger partial charge is 0.407 e. The molecule has 0 spiro atoms. The highest BCUT2D eigenvalue weighted by atomic mass is 16.6. The quantitative estimate of drug-likeness (QED) is 0.592. The van der Waals surface area contributed by atoms with Crippen LogP contribution in [0.2, 0.25) is 0 Å². The van der Waals surface area contributed by atoms with Crippen molar-refractivity contribution in [1.29, 1.82) is 0 Å². The molecule has 2 N–H and O–H groups in total. The molecule has 1 atom stereocenters. The second kappa shape index (κ2) is 4.84. The van der Waals surface area contributed by atoms with Crippen LogP contribution >= 0.6 is 0 Å². The maximum absolute atomic E-state index is 11.7. The topological polar surface area (TPSA) is 78.9 Å². The maximum atomic E-state index is 11.7. The zero-order valence-electron chi connectivity index (χ0n) is 9.00. The summed E-state index contributed by atoms with van der Waals surface area (Å²) < 4.78 is 4.58. The SMILES string of the molecule is O=C1N[C@@H](C(=O)N(O)Cc2ccccc2)CO1. The molecule has 1 aliphatic rings. The Kier molecular flexibility index (Phi) is 3.24. The van der Waals surface area contributed by atoms with Crippen LogP contribution in [0, 0.1) is 0 Å². The second-order valence-corrected chi connectivity index (χ2v) is 3.68. The molecule has 17 heavy (non-hydrogen) atoms. The summed E-state index contributed by atoms with van der Waals surface area (Å²) in [5.74, 6) is -0.584. The number of alkyl carbamates (subject to hydrolysis) is 1. The van der Waals surface area contributed by atoms with Gasteiger partial charge >= 0.3 is 6.09 Å². The summed E-state index contributed by atoms with van der Waals surface area (Å²) in [5, 5.41) is 12.5. The van der Waals surface area contributed by atoms with Crippen molar-refractivity contribution in [2.45, 2.75) is 12.6 Å². The van der Waals surface area contributed by atoms with Gasteiger partial charge in [-0.3, -0.25) is 10.0 Å².